The van der Waals surface area contributed by atoms with Gasteiger partial charge in [-0.05, 0) is 17.7 Å². The Morgan fingerprint density at radius 3 is 2.36 bits per heavy atom. The molecule has 1 nitrogen and oxygen atoms in total. The minimum Gasteiger partial charge on any atom is -0.387 e. The second-order valence-electron chi connectivity index (χ2n) is 2.22. The first-order valence-corrected chi connectivity index (χ1v) is 3.77. The zero-order valence-electron chi connectivity index (χ0n) is 5.80. The minimum absolute atomic E-state index is 0.131. The highest BCUT2D eigenvalue weighted by Gasteiger charge is 2.04. The first-order valence-electron chi connectivity index (χ1n) is 3.23. The van der Waals surface area contributed by atoms with Gasteiger partial charge in [-0.15, -0.1) is 11.6 Å². The van der Waals surface area contributed by atoms with Gasteiger partial charge in [-0.2, -0.15) is 0 Å². The minimum atomic E-state index is -0.697. The highest BCUT2D eigenvalue weighted by atomic mass is 35.5. The number of alkyl halides is 1. The molecule has 1 aromatic rings. The molecule has 0 aliphatic rings. The van der Waals surface area contributed by atoms with Crippen molar-refractivity contribution in [2.75, 3.05) is 5.88 Å². The fourth-order valence-electron chi connectivity index (χ4n) is 0.774. The predicted molar refractivity (Wildman–Crippen MR) is 42.1 cm³/mol. The smallest absolute Gasteiger partial charge is 0.123 e. The number of halogens is 2. The molecule has 1 N–H and O–H groups in total. The normalized spacial score (nSPS) is 13.0. The summed E-state index contributed by atoms with van der Waals surface area (Å²) < 4.78 is 12.3. The molecule has 0 bridgehead atoms. The van der Waals surface area contributed by atoms with Crippen molar-refractivity contribution >= 4 is 11.6 Å². The summed E-state index contributed by atoms with van der Waals surface area (Å²) in [5.74, 6) is -0.179. The molecule has 60 valence electrons. The number of hydrogen-bond donors (Lipinski definition) is 1. The number of benzene rings is 1. The van der Waals surface area contributed by atoms with Gasteiger partial charge < -0.3 is 5.11 Å². The maximum Gasteiger partial charge on any atom is 0.123 e. The van der Waals surface area contributed by atoms with E-state index in [-0.39, 0.29) is 11.7 Å². The molecule has 0 heterocycles. The van der Waals surface area contributed by atoms with Crippen LogP contribution in [-0.2, 0) is 0 Å². The van der Waals surface area contributed by atoms with Crippen LogP contribution in [0.2, 0.25) is 0 Å². The maximum atomic E-state index is 12.3. The Bertz CT molecular complexity index is 222. The number of rotatable bonds is 2. The van der Waals surface area contributed by atoms with Crippen molar-refractivity contribution in [1.29, 1.82) is 0 Å². The highest BCUT2D eigenvalue weighted by molar-refractivity contribution is 6.18. The lowest BCUT2D eigenvalue weighted by molar-refractivity contribution is 0.202. The van der Waals surface area contributed by atoms with E-state index in [0.29, 0.717) is 5.56 Å². The summed E-state index contributed by atoms with van der Waals surface area (Å²) in [6.45, 7) is 0. The van der Waals surface area contributed by atoms with Crippen LogP contribution >= 0.6 is 11.6 Å². The van der Waals surface area contributed by atoms with Crippen LogP contribution in [0.15, 0.2) is 24.3 Å². The summed E-state index contributed by atoms with van der Waals surface area (Å²) in [7, 11) is 0. The van der Waals surface area contributed by atoms with Gasteiger partial charge in [0.1, 0.15) is 5.82 Å². The first kappa shape index (κ1) is 8.50. The third-order valence-electron chi connectivity index (χ3n) is 1.40. The third kappa shape index (κ3) is 2.17. The SMILES string of the molecule is O[C@@H](CCl)c1ccc(F)cc1. The van der Waals surface area contributed by atoms with Gasteiger partial charge in [0.15, 0.2) is 0 Å². The van der Waals surface area contributed by atoms with Gasteiger partial charge >= 0.3 is 0 Å². The zero-order valence-corrected chi connectivity index (χ0v) is 6.55. The Kier molecular flexibility index (Phi) is 2.85. The molecule has 0 amide bonds. The molecule has 0 saturated carbocycles. The largest absolute Gasteiger partial charge is 0.387 e. The monoisotopic (exact) mass is 174 g/mol. The highest BCUT2D eigenvalue weighted by Crippen LogP contribution is 2.13. The van der Waals surface area contributed by atoms with Crippen LogP contribution in [0.3, 0.4) is 0 Å². The van der Waals surface area contributed by atoms with E-state index in [1.165, 1.54) is 24.3 Å². The van der Waals surface area contributed by atoms with E-state index in [2.05, 4.69) is 0 Å². The second kappa shape index (κ2) is 3.69. The van der Waals surface area contributed by atoms with Gasteiger partial charge in [-0.1, -0.05) is 12.1 Å². The van der Waals surface area contributed by atoms with Crippen LogP contribution < -0.4 is 0 Å². The fraction of sp³-hybridized carbons (Fsp3) is 0.250. The molecule has 11 heavy (non-hydrogen) atoms. The summed E-state index contributed by atoms with van der Waals surface area (Å²) in [6, 6.07) is 5.63. The average Bonchev–Trinajstić information content (AvgIpc) is 2.05. The lowest BCUT2D eigenvalue weighted by Gasteiger charge is -2.05. The molecule has 0 aliphatic heterocycles. The molecule has 1 rings (SSSR count). The van der Waals surface area contributed by atoms with E-state index < -0.39 is 6.10 Å². The first-order chi connectivity index (χ1) is 5.24. The Balaban J connectivity index is 2.81. The molecule has 0 radical (unpaired) electrons. The summed E-state index contributed by atoms with van der Waals surface area (Å²) in [5, 5.41) is 9.17. The van der Waals surface area contributed by atoms with E-state index in [4.69, 9.17) is 16.7 Å². The van der Waals surface area contributed by atoms with Gasteiger partial charge in [0.2, 0.25) is 0 Å². The van der Waals surface area contributed by atoms with E-state index >= 15 is 0 Å². The van der Waals surface area contributed by atoms with Crippen molar-refractivity contribution in [3.8, 4) is 0 Å². The van der Waals surface area contributed by atoms with E-state index in [1.807, 2.05) is 0 Å². The zero-order chi connectivity index (χ0) is 8.27. The standard InChI is InChI=1S/C8H8ClFO/c9-5-8(11)6-1-3-7(10)4-2-6/h1-4,8,11H,5H2/t8-/m0/s1. The van der Waals surface area contributed by atoms with Gasteiger partial charge in [-0.3, -0.25) is 0 Å². The molecule has 0 aromatic heterocycles. The predicted octanol–water partition coefficient (Wildman–Crippen LogP) is 2.10. The number of hydrogen-bond acceptors (Lipinski definition) is 1. The Morgan fingerprint density at radius 1 is 1.36 bits per heavy atom. The van der Waals surface area contributed by atoms with Gasteiger partial charge in [0.05, 0.1) is 12.0 Å². The molecular formula is C8H8ClFO. The van der Waals surface area contributed by atoms with Crippen molar-refractivity contribution < 1.29 is 9.50 Å². The Labute approximate surface area is 69.4 Å². The van der Waals surface area contributed by atoms with Crippen molar-refractivity contribution in [2.24, 2.45) is 0 Å². The summed E-state index contributed by atoms with van der Waals surface area (Å²) in [4.78, 5) is 0. The molecule has 0 unspecified atom stereocenters. The molecular weight excluding hydrogens is 167 g/mol. The molecule has 0 aliphatic carbocycles. The topological polar surface area (TPSA) is 20.2 Å². The maximum absolute atomic E-state index is 12.3. The third-order valence-corrected chi connectivity index (χ3v) is 1.69. The molecule has 0 fully saturated rings. The second-order valence-corrected chi connectivity index (χ2v) is 2.53. The molecule has 0 saturated heterocycles. The summed E-state index contributed by atoms with van der Waals surface area (Å²) in [6.07, 6.45) is -0.697. The van der Waals surface area contributed by atoms with Crippen LogP contribution in [0.25, 0.3) is 0 Å². The fourth-order valence-corrected chi connectivity index (χ4v) is 0.952. The Morgan fingerprint density at radius 2 is 1.91 bits per heavy atom. The van der Waals surface area contributed by atoms with Crippen LogP contribution in [0.5, 0.6) is 0 Å². The van der Waals surface area contributed by atoms with Crippen LogP contribution in [-0.4, -0.2) is 11.0 Å². The molecule has 1 aromatic carbocycles. The lowest BCUT2D eigenvalue weighted by Crippen LogP contribution is -1.97. The Hall–Kier alpha value is -0.600. The van der Waals surface area contributed by atoms with Crippen molar-refractivity contribution in [3.63, 3.8) is 0 Å². The average molecular weight is 175 g/mol. The van der Waals surface area contributed by atoms with Crippen LogP contribution in [0.1, 0.15) is 11.7 Å². The van der Waals surface area contributed by atoms with Crippen molar-refractivity contribution in [2.45, 2.75) is 6.10 Å². The summed E-state index contributed by atoms with van der Waals surface area (Å²) in [5.41, 5.74) is 0.640. The van der Waals surface area contributed by atoms with E-state index in [9.17, 15) is 4.39 Å². The lowest BCUT2D eigenvalue weighted by atomic mass is 10.1. The van der Waals surface area contributed by atoms with Gasteiger partial charge in [-0.25, -0.2) is 4.39 Å². The van der Waals surface area contributed by atoms with Crippen molar-refractivity contribution in [3.05, 3.63) is 35.6 Å². The van der Waals surface area contributed by atoms with Crippen LogP contribution in [0, 0.1) is 5.82 Å². The van der Waals surface area contributed by atoms with Crippen molar-refractivity contribution in [1.82, 2.24) is 0 Å². The quantitative estimate of drug-likeness (QED) is 0.681. The van der Waals surface area contributed by atoms with E-state index in [0.717, 1.165) is 0 Å². The van der Waals surface area contributed by atoms with Gasteiger partial charge in [0, 0.05) is 0 Å². The number of aliphatic hydroxyl groups excluding tert-OH is 1. The molecule has 1 atom stereocenters. The number of aliphatic hydroxyl groups is 1. The molecule has 3 heteroatoms. The van der Waals surface area contributed by atoms with E-state index in [1.54, 1.807) is 0 Å². The molecule has 0 spiro atoms. The van der Waals surface area contributed by atoms with Gasteiger partial charge in [0.25, 0.3) is 0 Å². The summed E-state index contributed by atoms with van der Waals surface area (Å²) >= 11 is 5.38. The van der Waals surface area contributed by atoms with Crippen LogP contribution in [0.4, 0.5) is 4.39 Å².